The Labute approximate surface area is 224 Å². The molecule has 0 fully saturated rings. The molecule has 0 unspecified atom stereocenters. The summed E-state index contributed by atoms with van der Waals surface area (Å²) >= 11 is 3.24. The van der Waals surface area contributed by atoms with E-state index in [0.717, 1.165) is 21.9 Å². The summed E-state index contributed by atoms with van der Waals surface area (Å²) in [7, 11) is 1.59. The topological polar surface area (TPSA) is 81.1 Å². The molecule has 5 rings (SSSR count). The van der Waals surface area contributed by atoms with E-state index in [-0.39, 0.29) is 5.91 Å². The fourth-order valence-corrected chi connectivity index (χ4v) is 5.43. The van der Waals surface area contributed by atoms with Crippen molar-refractivity contribution in [3.8, 4) is 5.75 Å². The van der Waals surface area contributed by atoms with Crippen molar-refractivity contribution in [2.75, 3.05) is 24.0 Å². The monoisotopic (exact) mass is 529 g/mol. The number of allylic oxidation sites excluding steroid dienone is 1. The second-order valence-electron chi connectivity index (χ2n) is 8.43. The third-order valence-corrected chi connectivity index (χ3v) is 7.73. The average molecular weight is 530 g/mol. The third kappa shape index (κ3) is 5.38. The minimum atomic E-state index is -0.444. The molecule has 2 N–H and O–H groups in total. The maximum Gasteiger partial charge on any atom is 0.255 e. The average Bonchev–Trinajstić information content (AvgIpc) is 3.34. The zero-order valence-electron chi connectivity index (χ0n) is 20.8. The lowest BCUT2D eigenvalue weighted by atomic mass is 9.95. The standard InChI is InChI=1S/C28H27N5O2S2/c1-18-24(26(34)30-22-11-7-8-12-23(22)35-2)25(20-13-15-21(36-3)16-14-20)33-27(29-18)31-28(32-33)37-17-19-9-5-4-6-10-19/h4-16,25H,17H2,1-3H3,(H,30,34)(H,29,31,32)/t25-/m1/s1. The number of carbonyl (C=O) groups is 1. The van der Waals surface area contributed by atoms with Gasteiger partial charge in [0.15, 0.2) is 0 Å². The number of para-hydroxylation sites is 2. The molecule has 0 saturated heterocycles. The smallest absolute Gasteiger partial charge is 0.255 e. The summed E-state index contributed by atoms with van der Waals surface area (Å²) in [6.07, 6.45) is 2.04. The first-order chi connectivity index (χ1) is 18.1. The fraction of sp³-hybridized carbons (Fsp3) is 0.179. The van der Waals surface area contributed by atoms with E-state index in [1.165, 1.54) is 5.56 Å². The Morgan fingerprint density at radius 1 is 1.05 bits per heavy atom. The van der Waals surface area contributed by atoms with Crippen LogP contribution in [-0.4, -0.2) is 34.0 Å². The summed E-state index contributed by atoms with van der Waals surface area (Å²) in [5.41, 5.74) is 4.05. The van der Waals surface area contributed by atoms with Gasteiger partial charge in [-0.25, -0.2) is 4.68 Å². The Balaban J connectivity index is 1.50. The van der Waals surface area contributed by atoms with Crippen molar-refractivity contribution in [1.29, 1.82) is 0 Å². The molecule has 37 heavy (non-hydrogen) atoms. The lowest BCUT2D eigenvalue weighted by Crippen LogP contribution is -2.31. The van der Waals surface area contributed by atoms with Crippen LogP contribution in [0, 0.1) is 0 Å². The summed E-state index contributed by atoms with van der Waals surface area (Å²) < 4.78 is 7.25. The van der Waals surface area contributed by atoms with E-state index >= 15 is 0 Å². The van der Waals surface area contributed by atoms with Gasteiger partial charge in [0.1, 0.15) is 11.8 Å². The highest BCUT2D eigenvalue weighted by molar-refractivity contribution is 7.98. The number of carbonyl (C=O) groups excluding carboxylic acids is 1. The maximum atomic E-state index is 13.7. The van der Waals surface area contributed by atoms with Gasteiger partial charge in [0, 0.05) is 16.3 Å². The van der Waals surface area contributed by atoms with Crippen LogP contribution in [0.4, 0.5) is 11.6 Å². The van der Waals surface area contributed by atoms with Crippen LogP contribution in [-0.2, 0) is 10.5 Å². The quantitative estimate of drug-likeness (QED) is 0.262. The van der Waals surface area contributed by atoms with Crippen LogP contribution in [0.2, 0.25) is 0 Å². The predicted octanol–water partition coefficient (Wildman–Crippen LogP) is 6.23. The number of rotatable bonds is 8. The first kappa shape index (κ1) is 25.0. The first-order valence-electron chi connectivity index (χ1n) is 11.8. The van der Waals surface area contributed by atoms with Crippen molar-refractivity contribution in [2.45, 2.75) is 28.8 Å². The number of fused-ring (bicyclic) bond motifs is 1. The van der Waals surface area contributed by atoms with E-state index < -0.39 is 6.04 Å². The molecule has 1 aliphatic heterocycles. The normalized spacial score (nSPS) is 14.6. The second-order valence-corrected chi connectivity index (χ2v) is 10.3. The van der Waals surface area contributed by atoms with Crippen molar-refractivity contribution in [1.82, 2.24) is 14.8 Å². The van der Waals surface area contributed by atoms with Crippen molar-refractivity contribution >= 4 is 41.1 Å². The molecule has 1 aliphatic rings. The van der Waals surface area contributed by atoms with Crippen LogP contribution in [0.1, 0.15) is 24.1 Å². The fourth-order valence-electron chi connectivity index (χ4n) is 4.24. The van der Waals surface area contributed by atoms with E-state index in [1.54, 1.807) is 30.6 Å². The van der Waals surface area contributed by atoms with E-state index in [4.69, 9.17) is 14.8 Å². The Hall–Kier alpha value is -3.69. The van der Waals surface area contributed by atoms with E-state index in [0.29, 0.717) is 28.1 Å². The van der Waals surface area contributed by atoms with Crippen LogP contribution >= 0.6 is 23.5 Å². The van der Waals surface area contributed by atoms with Crippen molar-refractivity contribution in [3.63, 3.8) is 0 Å². The van der Waals surface area contributed by atoms with Crippen molar-refractivity contribution < 1.29 is 9.53 Å². The van der Waals surface area contributed by atoms with Gasteiger partial charge >= 0.3 is 0 Å². The van der Waals surface area contributed by atoms with Crippen LogP contribution < -0.4 is 15.4 Å². The number of benzene rings is 3. The number of thioether (sulfide) groups is 2. The molecule has 2 heterocycles. The first-order valence-corrected chi connectivity index (χ1v) is 14.0. The molecular formula is C28H27N5O2S2. The highest BCUT2D eigenvalue weighted by atomic mass is 32.2. The molecule has 4 aromatic rings. The Kier molecular flexibility index (Phi) is 7.52. The summed E-state index contributed by atoms with van der Waals surface area (Å²) in [6.45, 7) is 1.90. The third-order valence-electron chi connectivity index (χ3n) is 6.08. The highest BCUT2D eigenvalue weighted by Gasteiger charge is 2.34. The van der Waals surface area contributed by atoms with Crippen LogP contribution in [0.15, 0.2) is 100 Å². The molecule has 0 saturated carbocycles. The number of nitrogens with one attached hydrogen (secondary N) is 2. The number of anilines is 2. The molecule has 1 atom stereocenters. The van der Waals surface area contributed by atoms with Gasteiger partial charge in [0.05, 0.1) is 18.4 Å². The van der Waals surface area contributed by atoms with E-state index in [9.17, 15) is 4.79 Å². The van der Waals surface area contributed by atoms with Crippen molar-refractivity contribution in [2.24, 2.45) is 0 Å². The van der Waals surface area contributed by atoms with E-state index in [2.05, 4.69) is 34.9 Å². The molecule has 0 bridgehead atoms. The summed E-state index contributed by atoms with van der Waals surface area (Å²) in [5, 5.41) is 11.8. The molecule has 188 valence electrons. The molecule has 9 heteroatoms. The summed E-state index contributed by atoms with van der Waals surface area (Å²) in [5.74, 6) is 1.74. The zero-order valence-corrected chi connectivity index (χ0v) is 22.4. The Bertz CT molecular complexity index is 1430. The van der Waals surface area contributed by atoms with Gasteiger partial charge in [0.2, 0.25) is 11.1 Å². The Morgan fingerprint density at radius 2 is 1.78 bits per heavy atom. The number of hydrogen-bond donors (Lipinski definition) is 2. The predicted molar refractivity (Wildman–Crippen MR) is 150 cm³/mol. The van der Waals surface area contributed by atoms with Gasteiger partial charge in [-0.3, -0.25) is 4.79 Å². The zero-order chi connectivity index (χ0) is 25.8. The molecule has 0 aliphatic carbocycles. The van der Waals surface area contributed by atoms with E-state index in [1.807, 2.05) is 72.5 Å². The van der Waals surface area contributed by atoms with Gasteiger partial charge in [-0.05, 0) is 48.6 Å². The molecular weight excluding hydrogens is 502 g/mol. The highest BCUT2D eigenvalue weighted by Crippen LogP contribution is 2.38. The number of ether oxygens (including phenoxy) is 1. The number of amides is 1. The van der Waals surface area contributed by atoms with Gasteiger partial charge in [-0.2, -0.15) is 4.98 Å². The number of hydrogen-bond acceptors (Lipinski definition) is 7. The molecule has 0 radical (unpaired) electrons. The van der Waals surface area contributed by atoms with Gasteiger partial charge in [-0.15, -0.1) is 16.9 Å². The Morgan fingerprint density at radius 3 is 2.51 bits per heavy atom. The maximum absolute atomic E-state index is 13.7. The molecule has 7 nitrogen and oxygen atoms in total. The molecule has 3 aromatic carbocycles. The second kappa shape index (κ2) is 11.1. The summed E-state index contributed by atoms with van der Waals surface area (Å²) in [6, 6.07) is 25.4. The number of methoxy groups -OCH3 is 1. The number of aromatic nitrogens is 3. The van der Waals surface area contributed by atoms with Gasteiger partial charge in [0.25, 0.3) is 5.91 Å². The number of nitrogens with zero attached hydrogens (tertiary/aromatic N) is 3. The van der Waals surface area contributed by atoms with Gasteiger partial charge < -0.3 is 15.4 Å². The lowest BCUT2D eigenvalue weighted by Gasteiger charge is -2.29. The van der Waals surface area contributed by atoms with Gasteiger partial charge in [-0.1, -0.05) is 66.4 Å². The van der Waals surface area contributed by atoms with Crippen LogP contribution in [0.3, 0.4) is 0 Å². The van der Waals surface area contributed by atoms with Crippen molar-refractivity contribution in [3.05, 3.63) is 101 Å². The molecule has 1 aromatic heterocycles. The lowest BCUT2D eigenvalue weighted by molar-refractivity contribution is -0.113. The minimum Gasteiger partial charge on any atom is -0.495 e. The largest absolute Gasteiger partial charge is 0.495 e. The van der Waals surface area contributed by atoms with Crippen LogP contribution in [0.5, 0.6) is 5.75 Å². The van der Waals surface area contributed by atoms with Crippen LogP contribution in [0.25, 0.3) is 0 Å². The SMILES string of the molecule is COc1ccccc1NC(=O)C1=C(C)Nc2nc(SCc3ccccc3)nn2[C@@H]1c1ccc(SC)cc1. The minimum absolute atomic E-state index is 0.229. The molecule has 1 amide bonds. The molecule has 0 spiro atoms. The summed E-state index contributed by atoms with van der Waals surface area (Å²) in [4.78, 5) is 19.6.